The van der Waals surface area contributed by atoms with Crippen LogP contribution in [-0.4, -0.2) is 53.2 Å². The Balaban J connectivity index is 2.19. The third-order valence-electron chi connectivity index (χ3n) is 4.55. The minimum atomic E-state index is -0.915. The van der Waals surface area contributed by atoms with Crippen LogP contribution in [0.3, 0.4) is 0 Å². The normalized spacial score (nSPS) is 13.8. The minimum Gasteiger partial charge on any atom is -0.491 e. The van der Waals surface area contributed by atoms with Crippen LogP contribution >= 0.6 is 34.8 Å². The summed E-state index contributed by atoms with van der Waals surface area (Å²) in [5.41, 5.74) is 1.48. The Kier molecular flexibility index (Phi) is 8.89. The molecule has 0 radical (unpaired) electrons. The van der Waals surface area contributed by atoms with Crippen molar-refractivity contribution in [2.24, 2.45) is 0 Å². The van der Waals surface area contributed by atoms with Gasteiger partial charge in [-0.1, -0.05) is 49.2 Å². The van der Waals surface area contributed by atoms with Crippen LogP contribution in [0.1, 0.15) is 25.0 Å². The van der Waals surface area contributed by atoms with E-state index in [1.165, 1.54) is 0 Å². The van der Waals surface area contributed by atoms with Crippen molar-refractivity contribution in [2.75, 3.05) is 25.7 Å². The molecule has 2 aromatic rings. The Labute approximate surface area is 185 Å². The fourth-order valence-corrected chi connectivity index (χ4v) is 3.35. The van der Waals surface area contributed by atoms with Gasteiger partial charge in [-0.25, -0.2) is 0 Å². The standard InChI is InChI=1S/C21H25Cl3O5/c1-21(2,13-3-5-17(6-4-13)28-12-16(27)10-25)14-7-18(23)20(19(24)8-14)29-11-15(26)9-22/h3-8,15-16,25-27H,9-12H2,1-2H3/t15-,16?/m0/s1. The third-order valence-corrected chi connectivity index (χ3v) is 5.47. The first kappa shape index (κ1) is 24.1. The van der Waals surface area contributed by atoms with E-state index in [4.69, 9.17) is 49.4 Å². The van der Waals surface area contributed by atoms with E-state index in [1.807, 2.05) is 26.0 Å². The third kappa shape index (κ3) is 6.38. The van der Waals surface area contributed by atoms with Crippen molar-refractivity contribution in [2.45, 2.75) is 31.5 Å². The average Bonchev–Trinajstić information content (AvgIpc) is 2.71. The maximum atomic E-state index is 9.56. The molecule has 29 heavy (non-hydrogen) atoms. The van der Waals surface area contributed by atoms with Gasteiger partial charge in [0.15, 0.2) is 5.75 Å². The summed E-state index contributed by atoms with van der Waals surface area (Å²) in [7, 11) is 0. The topological polar surface area (TPSA) is 79.2 Å². The summed E-state index contributed by atoms with van der Waals surface area (Å²) in [5.74, 6) is 0.955. The number of halogens is 3. The molecule has 0 aliphatic carbocycles. The van der Waals surface area contributed by atoms with Crippen molar-refractivity contribution in [1.29, 1.82) is 0 Å². The van der Waals surface area contributed by atoms with Crippen LogP contribution in [0.15, 0.2) is 36.4 Å². The number of ether oxygens (including phenoxy) is 2. The molecule has 0 saturated carbocycles. The lowest BCUT2D eigenvalue weighted by Crippen LogP contribution is -2.22. The summed E-state index contributed by atoms with van der Waals surface area (Å²) in [6, 6.07) is 11.0. The fourth-order valence-electron chi connectivity index (χ4n) is 2.66. The molecule has 8 heteroatoms. The van der Waals surface area contributed by atoms with E-state index < -0.39 is 17.6 Å². The molecule has 0 amide bonds. The molecule has 3 N–H and O–H groups in total. The molecule has 2 aromatic carbocycles. The molecule has 0 aliphatic heterocycles. The number of alkyl halides is 1. The molecule has 0 bridgehead atoms. The van der Waals surface area contributed by atoms with Crippen LogP contribution in [0.2, 0.25) is 10.0 Å². The first-order valence-corrected chi connectivity index (χ1v) is 10.4. The highest BCUT2D eigenvalue weighted by Crippen LogP contribution is 2.40. The monoisotopic (exact) mass is 462 g/mol. The van der Waals surface area contributed by atoms with Crippen LogP contribution in [0.25, 0.3) is 0 Å². The van der Waals surface area contributed by atoms with E-state index in [0.29, 0.717) is 21.5 Å². The maximum absolute atomic E-state index is 9.56. The van der Waals surface area contributed by atoms with Crippen LogP contribution in [0.4, 0.5) is 0 Å². The minimum absolute atomic E-state index is 0.00187. The zero-order valence-electron chi connectivity index (χ0n) is 16.2. The number of hydrogen-bond acceptors (Lipinski definition) is 5. The van der Waals surface area contributed by atoms with E-state index in [0.717, 1.165) is 11.1 Å². The number of aliphatic hydroxyl groups is 3. The quantitative estimate of drug-likeness (QED) is 0.464. The largest absolute Gasteiger partial charge is 0.491 e. The first-order chi connectivity index (χ1) is 13.7. The van der Waals surface area contributed by atoms with Crippen molar-refractivity contribution in [3.8, 4) is 11.5 Å². The molecule has 0 aromatic heterocycles. The van der Waals surface area contributed by atoms with Crippen LogP contribution in [-0.2, 0) is 5.41 Å². The van der Waals surface area contributed by atoms with Gasteiger partial charge < -0.3 is 24.8 Å². The highest BCUT2D eigenvalue weighted by atomic mass is 35.5. The highest BCUT2D eigenvalue weighted by molar-refractivity contribution is 6.37. The van der Waals surface area contributed by atoms with E-state index >= 15 is 0 Å². The van der Waals surface area contributed by atoms with E-state index in [1.54, 1.807) is 24.3 Å². The van der Waals surface area contributed by atoms with Gasteiger partial charge >= 0.3 is 0 Å². The lowest BCUT2D eigenvalue weighted by atomic mass is 9.78. The van der Waals surface area contributed by atoms with Crippen LogP contribution < -0.4 is 9.47 Å². The SMILES string of the molecule is CC(C)(c1ccc(OCC(O)CO)cc1)c1cc(Cl)c(OC[C@@H](O)CCl)c(Cl)c1. The number of hydrogen-bond donors (Lipinski definition) is 3. The fraction of sp³-hybridized carbons (Fsp3) is 0.429. The molecular weight excluding hydrogens is 439 g/mol. The van der Waals surface area contributed by atoms with Crippen molar-refractivity contribution < 1.29 is 24.8 Å². The van der Waals surface area contributed by atoms with E-state index in [-0.39, 0.29) is 25.7 Å². The first-order valence-electron chi connectivity index (χ1n) is 9.07. The van der Waals surface area contributed by atoms with Crippen molar-refractivity contribution in [1.82, 2.24) is 0 Å². The summed E-state index contributed by atoms with van der Waals surface area (Å²) in [6.07, 6.45) is -1.72. The van der Waals surface area contributed by atoms with Gasteiger partial charge in [0.05, 0.1) is 22.5 Å². The zero-order valence-corrected chi connectivity index (χ0v) is 18.5. The second-order valence-electron chi connectivity index (χ2n) is 7.18. The number of aliphatic hydroxyl groups excluding tert-OH is 3. The van der Waals surface area contributed by atoms with Gasteiger partial charge in [0.1, 0.15) is 31.2 Å². The highest BCUT2D eigenvalue weighted by Gasteiger charge is 2.26. The molecule has 0 aliphatic rings. The maximum Gasteiger partial charge on any atom is 0.156 e. The Morgan fingerprint density at radius 2 is 1.45 bits per heavy atom. The Morgan fingerprint density at radius 1 is 0.897 bits per heavy atom. The molecular formula is C21H25Cl3O5. The van der Waals surface area contributed by atoms with Gasteiger partial charge in [0, 0.05) is 5.41 Å². The molecule has 1 unspecified atom stereocenters. The zero-order chi connectivity index (χ0) is 21.6. The molecule has 0 saturated heterocycles. The Bertz CT molecular complexity index is 772. The smallest absolute Gasteiger partial charge is 0.156 e. The Hall–Kier alpha value is -1.21. The van der Waals surface area contributed by atoms with Gasteiger partial charge in [0.2, 0.25) is 0 Å². The predicted molar refractivity (Wildman–Crippen MR) is 116 cm³/mol. The molecule has 0 fully saturated rings. The van der Waals surface area contributed by atoms with E-state index in [9.17, 15) is 10.2 Å². The summed E-state index contributed by atoms with van der Waals surface area (Å²) in [4.78, 5) is 0. The van der Waals surface area contributed by atoms with Crippen molar-refractivity contribution in [3.63, 3.8) is 0 Å². The van der Waals surface area contributed by atoms with Gasteiger partial charge in [-0.3, -0.25) is 0 Å². The van der Waals surface area contributed by atoms with Crippen molar-refractivity contribution in [3.05, 3.63) is 57.6 Å². The number of rotatable bonds is 10. The molecule has 0 spiro atoms. The van der Waals surface area contributed by atoms with Crippen LogP contribution in [0.5, 0.6) is 11.5 Å². The second kappa shape index (κ2) is 10.7. The molecule has 0 heterocycles. The molecule has 160 valence electrons. The predicted octanol–water partition coefficient (Wildman–Crippen LogP) is 4.03. The molecule has 5 nitrogen and oxygen atoms in total. The van der Waals surface area contributed by atoms with Gasteiger partial charge in [0.25, 0.3) is 0 Å². The average molecular weight is 464 g/mol. The summed E-state index contributed by atoms with van der Waals surface area (Å²) < 4.78 is 11.0. The summed E-state index contributed by atoms with van der Waals surface area (Å²) in [6.45, 7) is 3.75. The summed E-state index contributed by atoms with van der Waals surface area (Å²) >= 11 is 18.3. The van der Waals surface area contributed by atoms with E-state index in [2.05, 4.69) is 0 Å². The number of benzene rings is 2. The second-order valence-corrected chi connectivity index (χ2v) is 8.31. The lowest BCUT2D eigenvalue weighted by molar-refractivity contribution is 0.0536. The van der Waals surface area contributed by atoms with Gasteiger partial charge in [-0.05, 0) is 35.4 Å². The van der Waals surface area contributed by atoms with Crippen molar-refractivity contribution >= 4 is 34.8 Å². The molecule has 2 rings (SSSR count). The van der Waals surface area contributed by atoms with Gasteiger partial charge in [-0.15, -0.1) is 11.6 Å². The summed E-state index contributed by atoms with van der Waals surface area (Å²) in [5, 5.41) is 28.5. The molecule has 2 atom stereocenters. The Morgan fingerprint density at radius 3 is 1.97 bits per heavy atom. The van der Waals surface area contributed by atoms with Gasteiger partial charge in [-0.2, -0.15) is 0 Å². The van der Waals surface area contributed by atoms with Crippen LogP contribution in [0, 0.1) is 0 Å². The lowest BCUT2D eigenvalue weighted by Gasteiger charge is -2.27.